The minimum atomic E-state index is 0.118. The fraction of sp³-hybridized carbons (Fsp3) is 0.391. The van der Waals surface area contributed by atoms with Gasteiger partial charge in [-0.3, -0.25) is 9.69 Å². The van der Waals surface area contributed by atoms with E-state index < -0.39 is 0 Å². The molecule has 146 valence electrons. The molecule has 3 aromatic rings. The number of benzene rings is 2. The maximum atomic E-state index is 12.5. The molecule has 1 aliphatic heterocycles. The summed E-state index contributed by atoms with van der Waals surface area (Å²) in [6.07, 6.45) is 2.28. The minimum Gasteiger partial charge on any atom is -0.354 e. The zero-order valence-electron chi connectivity index (χ0n) is 16.3. The van der Waals surface area contributed by atoms with Crippen LogP contribution in [0.4, 0.5) is 0 Å². The summed E-state index contributed by atoms with van der Waals surface area (Å²) in [4.78, 5) is 19.6. The van der Waals surface area contributed by atoms with Crippen LogP contribution in [0.1, 0.15) is 42.2 Å². The van der Waals surface area contributed by atoms with Gasteiger partial charge in [-0.1, -0.05) is 49.4 Å². The third kappa shape index (κ3) is 4.59. The van der Waals surface area contributed by atoms with Gasteiger partial charge in [0.1, 0.15) is 0 Å². The lowest BCUT2D eigenvalue weighted by molar-refractivity contribution is -0.122. The van der Waals surface area contributed by atoms with E-state index in [9.17, 15) is 4.79 Å². The molecule has 0 saturated carbocycles. The number of rotatable bonds is 6. The molecule has 28 heavy (non-hydrogen) atoms. The van der Waals surface area contributed by atoms with Crippen LogP contribution in [0.5, 0.6) is 0 Å². The Hall–Kier alpha value is -2.24. The van der Waals surface area contributed by atoms with E-state index >= 15 is 0 Å². The van der Waals surface area contributed by atoms with Crippen LogP contribution >= 0.6 is 11.3 Å². The maximum Gasteiger partial charge on any atom is 0.234 e. The molecular weight excluding hydrogens is 366 g/mol. The van der Waals surface area contributed by atoms with Gasteiger partial charge in [0, 0.05) is 19.0 Å². The van der Waals surface area contributed by atoms with Crippen LogP contribution in [-0.4, -0.2) is 42.0 Å². The summed E-state index contributed by atoms with van der Waals surface area (Å²) in [7, 11) is 0. The van der Waals surface area contributed by atoms with Gasteiger partial charge >= 0.3 is 0 Å². The molecule has 0 bridgehead atoms. The summed E-state index contributed by atoms with van der Waals surface area (Å²) in [5.74, 6) is 0.872. The van der Waals surface area contributed by atoms with E-state index in [0.717, 1.165) is 31.4 Å². The summed E-state index contributed by atoms with van der Waals surface area (Å²) < 4.78 is 1.25. The lowest BCUT2D eigenvalue weighted by Gasteiger charge is -2.31. The van der Waals surface area contributed by atoms with Gasteiger partial charge in [-0.2, -0.15) is 0 Å². The van der Waals surface area contributed by atoms with Crippen LogP contribution in [0, 0.1) is 0 Å². The van der Waals surface area contributed by atoms with Gasteiger partial charge in [-0.25, -0.2) is 4.98 Å². The average molecular weight is 394 g/mol. The number of thiazole rings is 1. The third-order valence-corrected chi connectivity index (χ3v) is 6.71. The van der Waals surface area contributed by atoms with E-state index in [1.165, 1.54) is 15.3 Å². The number of fused-ring (bicyclic) bond motifs is 1. The normalized spacial score (nSPS) is 18.8. The SMILES string of the molecule is C[C@H](CNC(=O)CN1CCC[C@H](c2nc3ccccc3s2)C1)c1ccccc1. The molecule has 1 aromatic heterocycles. The van der Waals surface area contributed by atoms with Crippen molar-refractivity contribution in [3.63, 3.8) is 0 Å². The van der Waals surface area contributed by atoms with E-state index in [-0.39, 0.29) is 5.91 Å². The number of nitrogens with zero attached hydrogens (tertiary/aromatic N) is 2. The number of piperidine rings is 1. The number of nitrogens with one attached hydrogen (secondary N) is 1. The Morgan fingerprint density at radius 2 is 2.00 bits per heavy atom. The number of hydrogen-bond donors (Lipinski definition) is 1. The Morgan fingerprint density at radius 3 is 2.82 bits per heavy atom. The molecule has 0 aliphatic carbocycles. The molecule has 1 fully saturated rings. The van der Waals surface area contributed by atoms with Gasteiger partial charge in [0.05, 0.1) is 21.8 Å². The van der Waals surface area contributed by atoms with Crippen molar-refractivity contribution >= 4 is 27.5 Å². The van der Waals surface area contributed by atoms with Crippen molar-refractivity contribution in [2.75, 3.05) is 26.2 Å². The average Bonchev–Trinajstić information content (AvgIpc) is 3.17. The zero-order valence-corrected chi connectivity index (χ0v) is 17.1. The molecule has 1 N–H and O–H groups in total. The molecule has 0 unspecified atom stereocenters. The molecule has 2 heterocycles. The molecule has 4 nitrogen and oxygen atoms in total. The minimum absolute atomic E-state index is 0.118. The van der Waals surface area contributed by atoms with Crippen LogP contribution < -0.4 is 5.32 Å². The molecule has 1 aliphatic rings. The third-order valence-electron chi connectivity index (χ3n) is 5.51. The molecule has 1 amide bonds. The zero-order chi connectivity index (χ0) is 19.3. The van der Waals surface area contributed by atoms with E-state index in [2.05, 4.69) is 47.5 Å². The monoisotopic (exact) mass is 393 g/mol. The number of amides is 1. The molecule has 0 radical (unpaired) electrons. The van der Waals surface area contributed by atoms with Gasteiger partial charge in [0.25, 0.3) is 0 Å². The predicted octanol–water partition coefficient (Wildman–Crippen LogP) is 4.40. The van der Waals surface area contributed by atoms with Crippen molar-refractivity contribution in [1.29, 1.82) is 0 Å². The Bertz CT molecular complexity index is 891. The molecule has 2 atom stereocenters. The molecule has 2 aromatic carbocycles. The van der Waals surface area contributed by atoms with Gasteiger partial charge < -0.3 is 5.32 Å². The first-order valence-corrected chi connectivity index (χ1v) is 10.9. The van der Waals surface area contributed by atoms with E-state index in [0.29, 0.717) is 24.9 Å². The fourth-order valence-electron chi connectivity index (χ4n) is 3.89. The van der Waals surface area contributed by atoms with Crippen molar-refractivity contribution in [2.24, 2.45) is 0 Å². The highest BCUT2D eigenvalue weighted by atomic mass is 32.1. The number of aromatic nitrogens is 1. The van der Waals surface area contributed by atoms with Crippen molar-refractivity contribution in [1.82, 2.24) is 15.2 Å². The van der Waals surface area contributed by atoms with Gasteiger partial charge in [0.2, 0.25) is 5.91 Å². The summed E-state index contributed by atoms with van der Waals surface area (Å²) in [6.45, 7) is 5.21. The predicted molar refractivity (Wildman–Crippen MR) is 116 cm³/mol. The van der Waals surface area contributed by atoms with Crippen LogP contribution in [0.2, 0.25) is 0 Å². The topological polar surface area (TPSA) is 45.2 Å². The standard InChI is InChI=1S/C23H27N3OS/c1-17(18-8-3-2-4-9-18)14-24-22(27)16-26-13-7-10-19(15-26)23-25-20-11-5-6-12-21(20)28-23/h2-6,8-9,11-12,17,19H,7,10,13-16H2,1H3,(H,24,27)/t17-,19+/m1/s1. The highest BCUT2D eigenvalue weighted by Gasteiger charge is 2.25. The molecule has 5 heteroatoms. The second-order valence-corrected chi connectivity index (χ2v) is 8.77. The van der Waals surface area contributed by atoms with Crippen molar-refractivity contribution in [3.8, 4) is 0 Å². The molecular formula is C23H27N3OS. The quantitative estimate of drug-likeness (QED) is 0.675. The van der Waals surface area contributed by atoms with Crippen LogP contribution in [0.15, 0.2) is 54.6 Å². The first-order chi connectivity index (χ1) is 13.7. The smallest absolute Gasteiger partial charge is 0.234 e. The van der Waals surface area contributed by atoms with Crippen molar-refractivity contribution in [2.45, 2.75) is 31.6 Å². The highest BCUT2D eigenvalue weighted by Crippen LogP contribution is 2.32. The summed E-state index contributed by atoms with van der Waals surface area (Å²) in [6, 6.07) is 18.7. The highest BCUT2D eigenvalue weighted by molar-refractivity contribution is 7.18. The molecule has 0 spiro atoms. The second kappa shape index (κ2) is 8.84. The lowest BCUT2D eigenvalue weighted by atomic mass is 9.98. The van der Waals surface area contributed by atoms with Gasteiger partial charge in [-0.15, -0.1) is 11.3 Å². The maximum absolute atomic E-state index is 12.5. The van der Waals surface area contributed by atoms with Crippen LogP contribution in [0.3, 0.4) is 0 Å². The van der Waals surface area contributed by atoms with Crippen LogP contribution in [-0.2, 0) is 4.79 Å². The van der Waals surface area contributed by atoms with Crippen LogP contribution in [0.25, 0.3) is 10.2 Å². The number of para-hydroxylation sites is 1. The Morgan fingerprint density at radius 1 is 1.21 bits per heavy atom. The fourth-order valence-corrected chi connectivity index (χ4v) is 4.98. The number of carbonyl (C=O) groups excluding carboxylic acids is 1. The summed E-state index contributed by atoms with van der Waals surface area (Å²) in [5, 5.41) is 4.32. The first kappa shape index (κ1) is 19.1. The van der Waals surface area contributed by atoms with E-state index in [1.54, 1.807) is 11.3 Å². The summed E-state index contributed by atoms with van der Waals surface area (Å²) in [5.41, 5.74) is 2.35. The van der Waals surface area contributed by atoms with Gasteiger partial charge in [-0.05, 0) is 43.0 Å². The number of carbonyl (C=O) groups is 1. The lowest BCUT2D eigenvalue weighted by Crippen LogP contribution is -2.42. The van der Waals surface area contributed by atoms with E-state index in [4.69, 9.17) is 4.98 Å². The van der Waals surface area contributed by atoms with Crippen molar-refractivity contribution < 1.29 is 4.79 Å². The second-order valence-electron chi connectivity index (χ2n) is 7.71. The largest absolute Gasteiger partial charge is 0.354 e. The number of hydrogen-bond acceptors (Lipinski definition) is 4. The number of likely N-dealkylation sites (tertiary alicyclic amines) is 1. The Labute approximate surface area is 170 Å². The van der Waals surface area contributed by atoms with E-state index in [1.807, 2.05) is 24.3 Å². The molecule has 4 rings (SSSR count). The summed E-state index contributed by atoms with van der Waals surface area (Å²) >= 11 is 1.80. The Balaban J connectivity index is 1.30. The first-order valence-electron chi connectivity index (χ1n) is 10.1. The van der Waals surface area contributed by atoms with Gasteiger partial charge in [0.15, 0.2) is 0 Å². The Kier molecular flexibility index (Phi) is 6.03. The van der Waals surface area contributed by atoms with Crippen molar-refractivity contribution in [3.05, 3.63) is 65.2 Å². The molecule has 1 saturated heterocycles.